The van der Waals surface area contributed by atoms with E-state index in [-0.39, 0.29) is 17.7 Å². The lowest BCUT2D eigenvalue weighted by Gasteiger charge is -2.38. The van der Waals surface area contributed by atoms with E-state index in [4.69, 9.17) is 4.74 Å². The molecule has 3 saturated heterocycles. The molecular weight excluding hydrogens is 390 g/mol. The van der Waals surface area contributed by atoms with Gasteiger partial charge in [-0.05, 0) is 43.6 Å². The number of carbonyl (C=O) groups excluding carboxylic acids is 2. The van der Waals surface area contributed by atoms with Crippen molar-refractivity contribution < 1.29 is 14.3 Å². The van der Waals surface area contributed by atoms with Gasteiger partial charge in [0.1, 0.15) is 0 Å². The highest BCUT2D eigenvalue weighted by molar-refractivity contribution is 5.84. The number of nitrogens with zero attached hydrogens (tertiary/aromatic N) is 3. The van der Waals surface area contributed by atoms with Gasteiger partial charge in [0.05, 0.1) is 19.1 Å². The second-order valence-electron chi connectivity index (χ2n) is 9.34. The highest BCUT2D eigenvalue weighted by atomic mass is 16.5. The summed E-state index contributed by atoms with van der Waals surface area (Å²) in [5, 5.41) is 0. The molecule has 6 nitrogen and oxygen atoms in total. The molecule has 0 aromatic heterocycles. The van der Waals surface area contributed by atoms with Crippen LogP contribution in [-0.2, 0) is 20.7 Å². The number of carbonyl (C=O) groups is 2. The van der Waals surface area contributed by atoms with E-state index in [0.29, 0.717) is 25.3 Å². The van der Waals surface area contributed by atoms with E-state index in [1.807, 2.05) is 4.90 Å². The van der Waals surface area contributed by atoms with E-state index < -0.39 is 0 Å². The number of morpholine rings is 1. The fraction of sp³-hybridized carbons (Fsp3) is 0.680. The molecule has 1 aromatic carbocycles. The van der Waals surface area contributed by atoms with E-state index in [9.17, 15) is 9.59 Å². The van der Waals surface area contributed by atoms with E-state index >= 15 is 0 Å². The normalized spacial score (nSPS) is 23.9. The molecule has 170 valence electrons. The van der Waals surface area contributed by atoms with Crippen LogP contribution in [0.1, 0.15) is 37.7 Å². The third-order valence-corrected chi connectivity index (χ3v) is 7.15. The first-order valence-corrected chi connectivity index (χ1v) is 12.1. The van der Waals surface area contributed by atoms with Crippen LogP contribution in [0.25, 0.3) is 0 Å². The van der Waals surface area contributed by atoms with Gasteiger partial charge in [-0.15, -0.1) is 0 Å². The highest BCUT2D eigenvalue weighted by Gasteiger charge is 2.34. The van der Waals surface area contributed by atoms with Crippen molar-refractivity contribution >= 4 is 11.8 Å². The van der Waals surface area contributed by atoms with Crippen LogP contribution in [-0.4, -0.2) is 85.5 Å². The molecule has 6 heteroatoms. The average molecular weight is 428 g/mol. The van der Waals surface area contributed by atoms with Crippen molar-refractivity contribution in [2.24, 2.45) is 11.8 Å². The van der Waals surface area contributed by atoms with Crippen LogP contribution in [0.2, 0.25) is 0 Å². The Morgan fingerprint density at radius 1 is 0.968 bits per heavy atom. The molecule has 0 spiro atoms. The van der Waals surface area contributed by atoms with Crippen molar-refractivity contribution in [1.29, 1.82) is 0 Å². The predicted molar refractivity (Wildman–Crippen MR) is 121 cm³/mol. The fourth-order valence-electron chi connectivity index (χ4n) is 5.21. The molecule has 4 rings (SSSR count). The number of ether oxygens (including phenoxy) is 1. The van der Waals surface area contributed by atoms with Gasteiger partial charge >= 0.3 is 0 Å². The zero-order valence-corrected chi connectivity index (χ0v) is 18.7. The van der Waals surface area contributed by atoms with Crippen molar-refractivity contribution in [2.75, 3.05) is 59.0 Å². The second kappa shape index (κ2) is 11.1. The van der Waals surface area contributed by atoms with E-state index in [1.54, 1.807) is 0 Å². The number of piperidine rings is 2. The van der Waals surface area contributed by atoms with Crippen molar-refractivity contribution in [1.82, 2.24) is 14.7 Å². The maximum Gasteiger partial charge on any atom is 0.227 e. The smallest absolute Gasteiger partial charge is 0.227 e. The molecule has 0 aliphatic carbocycles. The van der Waals surface area contributed by atoms with E-state index in [2.05, 4.69) is 40.1 Å². The Bertz CT molecular complexity index is 712. The minimum Gasteiger partial charge on any atom is -0.379 e. The summed E-state index contributed by atoms with van der Waals surface area (Å²) in [7, 11) is 0. The lowest BCUT2D eigenvalue weighted by atomic mass is 9.89. The monoisotopic (exact) mass is 427 g/mol. The van der Waals surface area contributed by atoms with Crippen LogP contribution in [0.4, 0.5) is 0 Å². The van der Waals surface area contributed by atoms with Crippen molar-refractivity contribution in [3.05, 3.63) is 35.9 Å². The summed E-state index contributed by atoms with van der Waals surface area (Å²) in [6.07, 6.45) is 5.46. The van der Waals surface area contributed by atoms with Crippen LogP contribution >= 0.6 is 0 Å². The molecule has 1 atom stereocenters. The number of likely N-dealkylation sites (tertiary alicyclic amines) is 2. The Morgan fingerprint density at radius 3 is 2.45 bits per heavy atom. The molecule has 0 N–H and O–H groups in total. The topological polar surface area (TPSA) is 53.1 Å². The maximum atomic E-state index is 13.2. The molecule has 31 heavy (non-hydrogen) atoms. The summed E-state index contributed by atoms with van der Waals surface area (Å²) in [5.41, 5.74) is 1.39. The SMILES string of the molecule is O=C1CC[C@@H](C(=O)N2CCC(Cc3ccccc3)CC2)CN1CCCN1CCOCC1. The molecule has 0 saturated carbocycles. The highest BCUT2D eigenvalue weighted by Crippen LogP contribution is 2.26. The zero-order valence-electron chi connectivity index (χ0n) is 18.7. The number of benzene rings is 1. The van der Waals surface area contributed by atoms with Crippen molar-refractivity contribution in [3.63, 3.8) is 0 Å². The van der Waals surface area contributed by atoms with Gasteiger partial charge in [-0.3, -0.25) is 14.5 Å². The van der Waals surface area contributed by atoms with Crippen molar-refractivity contribution in [3.8, 4) is 0 Å². The third kappa shape index (κ3) is 6.30. The molecule has 3 aliphatic heterocycles. The molecule has 2 amide bonds. The average Bonchev–Trinajstić information content (AvgIpc) is 2.82. The second-order valence-corrected chi connectivity index (χ2v) is 9.34. The van der Waals surface area contributed by atoms with Gasteiger partial charge in [0.15, 0.2) is 0 Å². The molecule has 0 unspecified atom stereocenters. The Kier molecular flexibility index (Phi) is 7.97. The molecule has 3 fully saturated rings. The summed E-state index contributed by atoms with van der Waals surface area (Å²) >= 11 is 0. The number of amides is 2. The lowest BCUT2D eigenvalue weighted by Crippen LogP contribution is -2.49. The summed E-state index contributed by atoms with van der Waals surface area (Å²) in [6.45, 7) is 7.66. The number of hydrogen-bond donors (Lipinski definition) is 0. The van der Waals surface area contributed by atoms with Gasteiger partial charge in [-0.25, -0.2) is 0 Å². The Balaban J connectivity index is 1.20. The van der Waals surface area contributed by atoms with Gasteiger partial charge in [0.2, 0.25) is 11.8 Å². The van der Waals surface area contributed by atoms with Gasteiger partial charge in [0, 0.05) is 52.2 Å². The van der Waals surface area contributed by atoms with Gasteiger partial charge in [-0.2, -0.15) is 0 Å². The van der Waals surface area contributed by atoms with Gasteiger partial charge in [-0.1, -0.05) is 30.3 Å². The van der Waals surface area contributed by atoms with E-state index in [0.717, 1.165) is 78.2 Å². The number of hydrogen-bond acceptors (Lipinski definition) is 4. The molecule has 1 aromatic rings. The van der Waals surface area contributed by atoms with Crippen LogP contribution in [0.15, 0.2) is 30.3 Å². The largest absolute Gasteiger partial charge is 0.379 e. The van der Waals surface area contributed by atoms with Crippen LogP contribution in [0.3, 0.4) is 0 Å². The quantitative estimate of drug-likeness (QED) is 0.671. The summed E-state index contributed by atoms with van der Waals surface area (Å²) < 4.78 is 5.40. The Labute approximate surface area is 186 Å². The minimum absolute atomic E-state index is 0.0215. The summed E-state index contributed by atoms with van der Waals surface area (Å²) in [5.74, 6) is 1.12. The molecule has 0 bridgehead atoms. The zero-order chi connectivity index (χ0) is 21.5. The van der Waals surface area contributed by atoms with Gasteiger partial charge < -0.3 is 14.5 Å². The van der Waals surface area contributed by atoms with Gasteiger partial charge in [0.25, 0.3) is 0 Å². The first-order chi connectivity index (χ1) is 15.2. The predicted octanol–water partition coefficient (Wildman–Crippen LogP) is 2.43. The van der Waals surface area contributed by atoms with Crippen LogP contribution in [0.5, 0.6) is 0 Å². The number of rotatable bonds is 7. The minimum atomic E-state index is -0.0215. The first-order valence-electron chi connectivity index (χ1n) is 12.1. The third-order valence-electron chi connectivity index (χ3n) is 7.15. The van der Waals surface area contributed by atoms with Crippen LogP contribution < -0.4 is 0 Å². The summed E-state index contributed by atoms with van der Waals surface area (Å²) in [6, 6.07) is 10.7. The molecular formula is C25H37N3O3. The fourth-order valence-corrected chi connectivity index (χ4v) is 5.21. The van der Waals surface area contributed by atoms with E-state index in [1.165, 1.54) is 5.56 Å². The summed E-state index contributed by atoms with van der Waals surface area (Å²) in [4.78, 5) is 32.0. The van der Waals surface area contributed by atoms with Crippen LogP contribution in [0, 0.1) is 11.8 Å². The standard InChI is InChI=1S/C25H37N3O3/c29-24-8-7-23(20-28(24)12-4-11-26-15-17-31-18-16-26)25(30)27-13-9-22(10-14-27)19-21-5-2-1-3-6-21/h1-3,5-6,22-23H,4,7-20H2/t23-/m1/s1. The first kappa shape index (κ1) is 22.3. The Morgan fingerprint density at radius 2 is 1.71 bits per heavy atom. The molecule has 3 heterocycles. The molecule has 0 radical (unpaired) electrons. The lowest BCUT2D eigenvalue weighted by molar-refractivity contribution is -0.144. The van der Waals surface area contributed by atoms with Crippen molar-refractivity contribution in [2.45, 2.75) is 38.5 Å². The maximum absolute atomic E-state index is 13.2. The Hall–Kier alpha value is -1.92. The molecule has 3 aliphatic rings.